The molecule has 1 N–H and O–H groups in total. The number of carbonyl (C=O) groups excluding carboxylic acids is 1. The Hall–Kier alpha value is -2.75. The van der Waals surface area contributed by atoms with Gasteiger partial charge < -0.3 is 10.1 Å². The minimum atomic E-state index is -0.145. The second-order valence-corrected chi connectivity index (χ2v) is 9.73. The molecule has 0 radical (unpaired) electrons. The summed E-state index contributed by atoms with van der Waals surface area (Å²) in [5.41, 5.74) is 2.42. The second kappa shape index (κ2) is 9.01. The maximum absolute atomic E-state index is 13.4. The van der Waals surface area contributed by atoms with E-state index in [1.54, 1.807) is 10.8 Å². The molecule has 1 amide bonds. The minimum Gasteiger partial charge on any atom is -0.376 e. The first-order chi connectivity index (χ1) is 15.6. The van der Waals surface area contributed by atoms with E-state index < -0.39 is 0 Å². The number of carbonyl (C=O) groups is 1. The lowest BCUT2D eigenvalue weighted by atomic mass is 10.2. The maximum atomic E-state index is 13.4. The highest BCUT2D eigenvalue weighted by molar-refractivity contribution is 7.99. The lowest BCUT2D eigenvalue weighted by Crippen LogP contribution is -2.28. The lowest BCUT2D eigenvalue weighted by molar-refractivity contribution is -0.113. The van der Waals surface area contributed by atoms with Crippen LogP contribution in [0.3, 0.4) is 0 Å². The number of nitrogens with zero attached hydrogens (tertiary/aromatic N) is 3. The van der Waals surface area contributed by atoms with Gasteiger partial charge in [-0.2, -0.15) is 0 Å². The summed E-state index contributed by atoms with van der Waals surface area (Å²) < 4.78 is 8.02. The van der Waals surface area contributed by atoms with E-state index in [4.69, 9.17) is 9.72 Å². The van der Waals surface area contributed by atoms with Gasteiger partial charge in [0.25, 0.3) is 5.56 Å². The van der Waals surface area contributed by atoms with E-state index >= 15 is 0 Å². The number of rotatable bonds is 6. The van der Waals surface area contributed by atoms with Crippen molar-refractivity contribution in [1.29, 1.82) is 0 Å². The summed E-state index contributed by atoms with van der Waals surface area (Å²) in [6, 6.07) is 11.4. The van der Waals surface area contributed by atoms with Crippen LogP contribution in [0, 0.1) is 6.92 Å². The van der Waals surface area contributed by atoms with Crippen molar-refractivity contribution in [1.82, 2.24) is 14.5 Å². The minimum absolute atomic E-state index is 0.0137. The molecular weight excluding hydrogens is 444 g/mol. The largest absolute Gasteiger partial charge is 0.376 e. The second-order valence-electron chi connectivity index (χ2n) is 7.78. The number of hydrogen-bond acceptors (Lipinski definition) is 7. The molecule has 0 spiro atoms. The van der Waals surface area contributed by atoms with Gasteiger partial charge >= 0.3 is 0 Å². The molecule has 3 aromatic heterocycles. The van der Waals surface area contributed by atoms with Gasteiger partial charge in [-0.25, -0.2) is 9.97 Å². The van der Waals surface area contributed by atoms with E-state index in [0.29, 0.717) is 28.5 Å². The number of benzene rings is 1. The van der Waals surface area contributed by atoms with Crippen LogP contribution in [0.25, 0.3) is 20.4 Å². The van der Waals surface area contributed by atoms with Crippen LogP contribution in [-0.2, 0) is 16.1 Å². The first-order valence-electron chi connectivity index (χ1n) is 10.5. The third-order valence-corrected chi connectivity index (χ3v) is 7.46. The van der Waals surface area contributed by atoms with E-state index in [9.17, 15) is 9.59 Å². The summed E-state index contributed by atoms with van der Waals surface area (Å²) in [5.74, 6) is 0.00575. The van der Waals surface area contributed by atoms with Crippen molar-refractivity contribution in [3.8, 4) is 0 Å². The highest BCUT2D eigenvalue weighted by atomic mass is 32.2. The summed E-state index contributed by atoms with van der Waals surface area (Å²) in [7, 11) is 0. The zero-order valence-corrected chi connectivity index (χ0v) is 19.2. The Morgan fingerprint density at radius 2 is 2.16 bits per heavy atom. The van der Waals surface area contributed by atoms with Crippen LogP contribution in [0.1, 0.15) is 18.4 Å². The van der Waals surface area contributed by atoms with Crippen molar-refractivity contribution in [3.05, 3.63) is 58.5 Å². The highest BCUT2D eigenvalue weighted by Gasteiger charge is 2.22. The Morgan fingerprint density at radius 3 is 2.94 bits per heavy atom. The summed E-state index contributed by atoms with van der Waals surface area (Å²) >= 11 is 2.63. The third kappa shape index (κ3) is 4.28. The molecule has 5 rings (SSSR count). The number of aryl methyl sites for hydroxylation is 1. The number of nitrogens with one attached hydrogen (secondary N) is 1. The number of aromatic nitrogens is 3. The molecule has 4 heterocycles. The van der Waals surface area contributed by atoms with Crippen molar-refractivity contribution in [2.75, 3.05) is 17.7 Å². The molecular formula is C23H22N4O3S2. The smallest absolute Gasteiger partial charge is 0.272 e. The summed E-state index contributed by atoms with van der Waals surface area (Å²) in [4.78, 5) is 36.0. The van der Waals surface area contributed by atoms with E-state index in [1.165, 1.54) is 23.1 Å². The van der Waals surface area contributed by atoms with Crippen LogP contribution in [0.4, 0.5) is 5.69 Å². The Labute approximate surface area is 192 Å². The van der Waals surface area contributed by atoms with Gasteiger partial charge in [-0.15, -0.1) is 11.3 Å². The average molecular weight is 467 g/mol. The quantitative estimate of drug-likeness (QED) is 0.338. The van der Waals surface area contributed by atoms with Gasteiger partial charge in [-0.1, -0.05) is 29.5 Å². The van der Waals surface area contributed by atoms with Crippen LogP contribution in [0.2, 0.25) is 0 Å². The van der Waals surface area contributed by atoms with Crippen molar-refractivity contribution in [2.24, 2.45) is 0 Å². The first-order valence-corrected chi connectivity index (χ1v) is 12.3. The average Bonchev–Trinajstić information content (AvgIpc) is 3.44. The normalized spacial score (nSPS) is 16.1. The number of hydrogen-bond donors (Lipinski definition) is 1. The summed E-state index contributed by atoms with van der Waals surface area (Å²) in [5, 5.41) is 4.29. The van der Waals surface area contributed by atoms with Crippen LogP contribution >= 0.6 is 23.1 Å². The Morgan fingerprint density at radius 1 is 1.31 bits per heavy atom. The van der Waals surface area contributed by atoms with Gasteiger partial charge in [0.05, 0.1) is 23.9 Å². The zero-order chi connectivity index (χ0) is 22.1. The fourth-order valence-electron chi connectivity index (χ4n) is 3.77. The molecule has 1 aromatic carbocycles. The van der Waals surface area contributed by atoms with Crippen molar-refractivity contribution in [3.63, 3.8) is 0 Å². The van der Waals surface area contributed by atoms with Gasteiger partial charge in [0.1, 0.15) is 9.53 Å². The number of amides is 1. The van der Waals surface area contributed by atoms with Crippen LogP contribution in [0.5, 0.6) is 0 Å². The van der Waals surface area contributed by atoms with E-state index in [-0.39, 0.29) is 23.3 Å². The molecule has 1 aliphatic rings. The van der Waals surface area contributed by atoms with E-state index in [0.717, 1.165) is 34.3 Å². The molecule has 1 atom stereocenters. The zero-order valence-electron chi connectivity index (χ0n) is 17.5. The standard InChI is InChI=1S/C23H22N4O3S2/c1-14-6-8-15(9-7-14)25-18(28)13-31-23-26-19-17-5-2-10-24-21(17)32-20(19)22(29)27(23)12-16-4-3-11-30-16/h2,5-10,16H,3-4,11-13H2,1H3,(H,25,28). The Kier molecular flexibility index (Phi) is 5.95. The summed E-state index contributed by atoms with van der Waals surface area (Å²) in [6.45, 7) is 3.15. The molecule has 0 saturated carbocycles. The molecule has 1 saturated heterocycles. The SMILES string of the molecule is Cc1ccc(NC(=O)CSc2nc3c(sc4ncccc43)c(=O)n2CC2CCCO2)cc1. The Bertz CT molecular complexity index is 1340. The lowest BCUT2D eigenvalue weighted by Gasteiger charge is -2.15. The van der Waals surface area contributed by atoms with Crippen molar-refractivity contribution in [2.45, 2.75) is 37.6 Å². The molecule has 0 bridgehead atoms. The Balaban J connectivity index is 1.46. The molecule has 1 aliphatic heterocycles. The van der Waals surface area contributed by atoms with Crippen LogP contribution < -0.4 is 10.9 Å². The maximum Gasteiger partial charge on any atom is 0.272 e. The number of fused-ring (bicyclic) bond motifs is 3. The van der Waals surface area contributed by atoms with E-state index in [2.05, 4.69) is 10.3 Å². The van der Waals surface area contributed by atoms with Crippen LogP contribution in [-0.4, -0.2) is 38.9 Å². The predicted octanol–water partition coefficient (Wildman–Crippen LogP) is 4.22. The number of pyridine rings is 1. The predicted molar refractivity (Wildman–Crippen MR) is 129 cm³/mol. The molecule has 1 fully saturated rings. The topological polar surface area (TPSA) is 86.1 Å². The molecule has 32 heavy (non-hydrogen) atoms. The van der Waals surface area contributed by atoms with Crippen LogP contribution in [0.15, 0.2) is 52.5 Å². The summed E-state index contributed by atoms with van der Waals surface area (Å²) in [6.07, 6.45) is 3.60. The fourth-order valence-corrected chi connectivity index (χ4v) is 5.60. The number of thioether (sulfide) groups is 1. The number of ether oxygens (including phenoxy) is 1. The molecule has 164 valence electrons. The fraction of sp³-hybridized carbons (Fsp3) is 0.304. The van der Waals surface area contributed by atoms with E-state index in [1.807, 2.05) is 43.3 Å². The number of thiophene rings is 1. The number of anilines is 1. The van der Waals surface area contributed by atoms with Gasteiger partial charge in [-0.05, 0) is 44.0 Å². The first kappa shape index (κ1) is 21.1. The monoisotopic (exact) mass is 466 g/mol. The van der Waals surface area contributed by atoms with Gasteiger partial charge in [0.2, 0.25) is 5.91 Å². The molecule has 1 unspecified atom stereocenters. The molecule has 9 heteroatoms. The van der Waals surface area contributed by atoms with Crippen molar-refractivity contribution >= 4 is 55.1 Å². The van der Waals surface area contributed by atoms with Gasteiger partial charge in [0, 0.05) is 23.9 Å². The van der Waals surface area contributed by atoms with Crippen molar-refractivity contribution < 1.29 is 9.53 Å². The molecule has 0 aliphatic carbocycles. The molecule has 7 nitrogen and oxygen atoms in total. The third-order valence-electron chi connectivity index (χ3n) is 5.40. The van der Waals surface area contributed by atoms with Gasteiger partial charge in [0.15, 0.2) is 5.16 Å². The molecule has 4 aromatic rings. The van der Waals surface area contributed by atoms with Gasteiger partial charge in [-0.3, -0.25) is 14.2 Å². The highest BCUT2D eigenvalue weighted by Crippen LogP contribution is 2.31.